The lowest BCUT2D eigenvalue weighted by Crippen LogP contribution is -2.15. The van der Waals surface area contributed by atoms with Crippen molar-refractivity contribution in [1.82, 2.24) is 0 Å². The van der Waals surface area contributed by atoms with E-state index in [-0.39, 0.29) is 5.82 Å². The largest absolute Gasteiger partial charge is 0.496 e. The van der Waals surface area contributed by atoms with Crippen LogP contribution in [0.2, 0.25) is 0 Å². The highest BCUT2D eigenvalue weighted by atomic mass is 127. The molecule has 1 atom stereocenters. The van der Waals surface area contributed by atoms with Crippen molar-refractivity contribution in [2.45, 2.75) is 6.04 Å². The highest BCUT2D eigenvalue weighted by molar-refractivity contribution is 14.1. The summed E-state index contributed by atoms with van der Waals surface area (Å²) in [5.41, 5.74) is 7.91. The standard InChI is InChI=1S/C15H15FINO2/c1-19-12-4-3-5-13(20-2)14(12)15(18)10-7-6-9(16)8-11(10)17/h3-8,15H,18H2,1-2H3. The maximum Gasteiger partial charge on any atom is 0.127 e. The lowest BCUT2D eigenvalue weighted by atomic mass is 9.97. The van der Waals surface area contributed by atoms with E-state index in [9.17, 15) is 4.39 Å². The van der Waals surface area contributed by atoms with Gasteiger partial charge in [-0.2, -0.15) is 0 Å². The molecular formula is C15H15FINO2. The molecule has 0 aliphatic rings. The van der Waals surface area contributed by atoms with E-state index in [1.165, 1.54) is 12.1 Å². The zero-order valence-corrected chi connectivity index (χ0v) is 13.3. The average molecular weight is 387 g/mol. The molecule has 0 heterocycles. The van der Waals surface area contributed by atoms with Crippen LogP contribution < -0.4 is 15.2 Å². The molecule has 0 aliphatic carbocycles. The summed E-state index contributed by atoms with van der Waals surface area (Å²) >= 11 is 2.07. The Bertz CT molecular complexity index is 597. The molecule has 3 nitrogen and oxygen atoms in total. The van der Waals surface area contributed by atoms with Crippen molar-refractivity contribution in [3.63, 3.8) is 0 Å². The van der Waals surface area contributed by atoms with Gasteiger partial charge in [-0.1, -0.05) is 12.1 Å². The Kier molecular flexibility index (Phi) is 4.82. The van der Waals surface area contributed by atoms with E-state index in [2.05, 4.69) is 22.6 Å². The van der Waals surface area contributed by atoms with Gasteiger partial charge in [0.05, 0.1) is 25.8 Å². The van der Waals surface area contributed by atoms with Gasteiger partial charge in [0.25, 0.3) is 0 Å². The predicted molar refractivity (Wildman–Crippen MR) is 84.7 cm³/mol. The lowest BCUT2D eigenvalue weighted by molar-refractivity contribution is 0.382. The average Bonchev–Trinajstić information content (AvgIpc) is 2.45. The van der Waals surface area contributed by atoms with Gasteiger partial charge in [-0.15, -0.1) is 0 Å². The Hall–Kier alpha value is -1.34. The molecule has 1 unspecified atom stereocenters. The molecule has 2 N–H and O–H groups in total. The van der Waals surface area contributed by atoms with Crippen molar-refractivity contribution in [3.8, 4) is 11.5 Å². The first-order chi connectivity index (χ1) is 9.58. The molecule has 2 aromatic rings. The maximum atomic E-state index is 13.2. The van der Waals surface area contributed by atoms with E-state index in [4.69, 9.17) is 15.2 Å². The van der Waals surface area contributed by atoms with Gasteiger partial charge in [-0.05, 0) is 52.4 Å². The summed E-state index contributed by atoms with van der Waals surface area (Å²) in [4.78, 5) is 0. The van der Waals surface area contributed by atoms with Crippen LogP contribution in [-0.2, 0) is 0 Å². The molecule has 106 valence electrons. The maximum absolute atomic E-state index is 13.2. The van der Waals surface area contributed by atoms with Crippen LogP contribution in [0.15, 0.2) is 36.4 Å². The number of nitrogens with two attached hydrogens (primary N) is 1. The van der Waals surface area contributed by atoms with E-state index in [1.807, 2.05) is 18.2 Å². The third kappa shape index (κ3) is 2.88. The molecule has 0 aromatic heterocycles. The summed E-state index contributed by atoms with van der Waals surface area (Å²) in [7, 11) is 3.17. The molecule has 5 heteroatoms. The molecular weight excluding hydrogens is 372 g/mol. The van der Waals surface area contributed by atoms with Crippen molar-refractivity contribution >= 4 is 22.6 Å². The minimum absolute atomic E-state index is 0.280. The summed E-state index contributed by atoms with van der Waals surface area (Å²) in [6.07, 6.45) is 0. The van der Waals surface area contributed by atoms with Crippen LogP contribution in [0.25, 0.3) is 0 Å². The SMILES string of the molecule is COc1cccc(OC)c1C(N)c1ccc(F)cc1I. The second kappa shape index (κ2) is 6.41. The van der Waals surface area contributed by atoms with Crippen LogP contribution in [0.1, 0.15) is 17.2 Å². The van der Waals surface area contributed by atoms with Crippen LogP contribution in [0.3, 0.4) is 0 Å². The number of hydrogen-bond donors (Lipinski definition) is 1. The summed E-state index contributed by atoms with van der Waals surface area (Å²) < 4.78 is 24.7. The quantitative estimate of drug-likeness (QED) is 0.817. The monoisotopic (exact) mass is 387 g/mol. The first-order valence-electron chi connectivity index (χ1n) is 6.00. The van der Waals surface area contributed by atoms with Crippen LogP contribution in [0.4, 0.5) is 4.39 Å². The fraction of sp³-hybridized carbons (Fsp3) is 0.200. The molecule has 20 heavy (non-hydrogen) atoms. The second-order valence-electron chi connectivity index (χ2n) is 4.22. The van der Waals surface area contributed by atoms with E-state index in [0.717, 1.165) is 14.7 Å². The Labute approximate surface area is 131 Å². The van der Waals surface area contributed by atoms with Gasteiger partial charge in [0.1, 0.15) is 17.3 Å². The number of benzene rings is 2. The van der Waals surface area contributed by atoms with E-state index in [1.54, 1.807) is 20.3 Å². The van der Waals surface area contributed by atoms with Crippen molar-refractivity contribution in [1.29, 1.82) is 0 Å². The molecule has 0 spiro atoms. The first-order valence-corrected chi connectivity index (χ1v) is 7.07. The molecule has 0 saturated carbocycles. The zero-order valence-electron chi connectivity index (χ0n) is 11.2. The Balaban J connectivity index is 2.55. The molecule has 0 radical (unpaired) electrons. The minimum Gasteiger partial charge on any atom is -0.496 e. The number of hydrogen-bond acceptors (Lipinski definition) is 3. The normalized spacial score (nSPS) is 12.1. The Morgan fingerprint density at radius 1 is 1.10 bits per heavy atom. The van der Waals surface area contributed by atoms with Crippen molar-refractivity contribution in [2.75, 3.05) is 14.2 Å². The van der Waals surface area contributed by atoms with Gasteiger partial charge < -0.3 is 15.2 Å². The fourth-order valence-electron chi connectivity index (χ4n) is 2.10. The van der Waals surface area contributed by atoms with Gasteiger partial charge in [-0.3, -0.25) is 0 Å². The molecule has 0 aliphatic heterocycles. The zero-order chi connectivity index (χ0) is 14.7. The highest BCUT2D eigenvalue weighted by Gasteiger charge is 2.21. The second-order valence-corrected chi connectivity index (χ2v) is 5.38. The van der Waals surface area contributed by atoms with Gasteiger partial charge >= 0.3 is 0 Å². The molecule has 0 fully saturated rings. The summed E-state index contributed by atoms with van der Waals surface area (Å²) in [5.74, 6) is 1.02. The van der Waals surface area contributed by atoms with Crippen molar-refractivity contribution in [2.24, 2.45) is 5.73 Å². The molecule has 0 bridgehead atoms. The Morgan fingerprint density at radius 2 is 1.70 bits per heavy atom. The van der Waals surface area contributed by atoms with Crippen LogP contribution in [-0.4, -0.2) is 14.2 Å². The van der Waals surface area contributed by atoms with Gasteiger partial charge in [0.2, 0.25) is 0 Å². The molecule has 2 rings (SSSR count). The summed E-state index contributed by atoms with van der Waals surface area (Å²) in [6.45, 7) is 0. The number of ether oxygens (including phenoxy) is 2. The fourth-order valence-corrected chi connectivity index (χ4v) is 2.91. The van der Waals surface area contributed by atoms with Crippen molar-refractivity contribution in [3.05, 3.63) is 56.9 Å². The lowest BCUT2D eigenvalue weighted by Gasteiger charge is -2.20. The molecule has 2 aromatic carbocycles. The smallest absolute Gasteiger partial charge is 0.127 e. The molecule has 0 saturated heterocycles. The number of halogens is 2. The predicted octanol–water partition coefficient (Wildman–Crippen LogP) is 3.50. The third-order valence-corrected chi connectivity index (χ3v) is 4.01. The third-order valence-electron chi connectivity index (χ3n) is 3.07. The minimum atomic E-state index is -0.450. The number of rotatable bonds is 4. The van der Waals surface area contributed by atoms with E-state index in [0.29, 0.717) is 11.5 Å². The summed E-state index contributed by atoms with van der Waals surface area (Å²) in [5, 5.41) is 0. The van der Waals surface area contributed by atoms with Gasteiger partial charge in [-0.25, -0.2) is 4.39 Å². The molecule has 0 amide bonds. The van der Waals surface area contributed by atoms with Crippen molar-refractivity contribution < 1.29 is 13.9 Å². The van der Waals surface area contributed by atoms with Crippen LogP contribution >= 0.6 is 22.6 Å². The van der Waals surface area contributed by atoms with Crippen LogP contribution in [0, 0.1) is 9.39 Å². The van der Waals surface area contributed by atoms with E-state index < -0.39 is 6.04 Å². The summed E-state index contributed by atoms with van der Waals surface area (Å²) in [6, 6.07) is 9.59. The number of methoxy groups -OCH3 is 2. The highest BCUT2D eigenvalue weighted by Crippen LogP contribution is 2.37. The Morgan fingerprint density at radius 3 is 2.20 bits per heavy atom. The first kappa shape index (κ1) is 15.1. The van der Waals surface area contributed by atoms with Gasteiger partial charge in [0, 0.05) is 3.57 Å². The van der Waals surface area contributed by atoms with Gasteiger partial charge in [0.15, 0.2) is 0 Å². The topological polar surface area (TPSA) is 44.5 Å². The van der Waals surface area contributed by atoms with Crippen LogP contribution in [0.5, 0.6) is 11.5 Å². The van der Waals surface area contributed by atoms with E-state index >= 15 is 0 Å².